The molecule has 1 N–H and O–H groups in total. The third kappa shape index (κ3) is 4.29. The number of hydrogen-bond donors (Lipinski definition) is 1. The standard InChI is InChI=1S/C19H18F4N4O/c1-18(2,3)7-15(28)26-17-16(27-10-13(20)4-5-14(27)25-17)11-6-12(9-24-8-11)19(21,22)23/h4-6,8-10H,7H2,1-3H3,(H,26,28). The van der Waals surface area contributed by atoms with Gasteiger partial charge in [0.1, 0.15) is 11.5 Å². The number of imidazole rings is 1. The molecular weight excluding hydrogens is 376 g/mol. The van der Waals surface area contributed by atoms with Crippen molar-refractivity contribution in [3.05, 3.63) is 48.2 Å². The Kier molecular flexibility index (Phi) is 4.86. The van der Waals surface area contributed by atoms with Gasteiger partial charge in [0.25, 0.3) is 0 Å². The monoisotopic (exact) mass is 394 g/mol. The number of pyridine rings is 2. The number of nitrogens with zero attached hydrogens (tertiary/aromatic N) is 3. The molecule has 0 saturated carbocycles. The summed E-state index contributed by atoms with van der Waals surface area (Å²) in [6, 6.07) is 3.44. The summed E-state index contributed by atoms with van der Waals surface area (Å²) in [5, 5.41) is 2.63. The van der Waals surface area contributed by atoms with Crippen LogP contribution in [-0.2, 0) is 11.0 Å². The van der Waals surface area contributed by atoms with Crippen LogP contribution in [0, 0.1) is 11.2 Å². The molecule has 0 aliphatic carbocycles. The second kappa shape index (κ2) is 6.88. The number of aromatic nitrogens is 3. The van der Waals surface area contributed by atoms with Crippen molar-refractivity contribution in [2.75, 3.05) is 5.32 Å². The largest absolute Gasteiger partial charge is 0.417 e. The highest BCUT2D eigenvalue weighted by Gasteiger charge is 2.32. The molecule has 0 saturated heterocycles. The molecule has 0 unspecified atom stereocenters. The van der Waals surface area contributed by atoms with Gasteiger partial charge in [-0.05, 0) is 23.6 Å². The van der Waals surface area contributed by atoms with Crippen molar-refractivity contribution in [1.82, 2.24) is 14.4 Å². The maximum atomic E-state index is 13.8. The van der Waals surface area contributed by atoms with Gasteiger partial charge in [0.05, 0.1) is 11.3 Å². The van der Waals surface area contributed by atoms with Crippen LogP contribution in [0.5, 0.6) is 0 Å². The minimum Gasteiger partial charge on any atom is -0.309 e. The van der Waals surface area contributed by atoms with Gasteiger partial charge in [0.2, 0.25) is 5.91 Å². The Hall–Kier alpha value is -2.97. The summed E-state index contributed by atoms with van der Waals surface area (Å²) < 4.78 is 54.3. The topological polar surface area (TPSA) is 59.3 Å². The van der Waals surface area contributed by atoms with Gasteiger partial charge in [-0.3, -0.25) is 14.2 Å². The van der Waals surface area contributed by atoms with E-state index in [0.29, 0.717) is 6.20 Å². The molecule has 3 heterocycles. The third-order valence-electron chi connectivity index (χ3n) is 3.87. The fourth-order valence-corrected chi connectivity index (χ4v) is 2.76. The van der Waals surface area contributed by atoms with Crippen LogP contribution in [0.1, 0.15) is 32.8 Å². The third-order valence-corrected chi connectivity index (χ3v) is 3.87. The molecule has 3 aromatic rings. The fourth-order valence-electron chi connectivity index (χ4n) is 2.76. The van der Waals surface area contributed by atoms with Crippen LogP contribution in [0.4, 0.5) is 23.4 Å². The molecule has 28 heavy (non-hydrogen) atoms. The number of amides is 1. The van der Waals surface area contributed by atoms with Gasteiger partial charge >= 0.3 is 6.18 Å². The van der Waals surface area contributed by atoms with Crippen molar-refractivity contribution >= 4 is 17.4 Å². The molecule has 1 amide bonds. The molecule has 0 aromatic carbocycles. The van der Waals surface area contributed by atoms with E-state index in [-0.39, 0.29) is 40.5 Å². The summed E-state index contributed by atoms with van der Waals surface area (Å²) in [6.45, 7) is 5.63. The fraction of sp³-hybridized carbons (Fsp3) is 0.316. The number of hydrogen-bond acceptors (Lipinski definition) is 3. The van der Waals surface area contributed by atoms with Gasteiger partial charge in [0, 0.05) is 30.6 Å². The first kappa shape index (κ1) is 19.8. The number of nitrogens with one attached hydrogen (secondary N) is 1. The number of anilines is 1. The molecule has 3 rings (SSSR count). The highest BCUT2D eigenvalue weighted by molar-refractivity contribution is 5.94. The zero-order chi connectivity index (χ0) is 20.7. The molecule has 0 aliphatic rings. The molecule has 0 fully saturated rings. The quantitative estimate of drug-likeness (QED) is 0.641. The highest BCUT2D eigenvalue weighted by Crippen LogP contribution is 2.34. The summed E-state index contributed by atoms with van der Waals surface area (Å²) in [6.07, 6.45) is -1.41. The number of halogens is 4. The van der Waals surface area contributed by atoms with E-state index in [0.717, 1.165) is 12.3 Å². The molecule has 3 aromatic heterocycles. The van der Waals surface area contributed by atoms with Gasteiger partial charge in [-0.2, -0.15) is 13.2 Å². The van der Waals surface area contributed by atoms with E-state index in [2.05, 4.69) is 15.3 Å². The lowest BCUT2D eigenvalue weighted by Crippen LogP contribution is -2.20. The molecule has 5 nitrogen and oxygen atoms in total. The van der Waals surface area contributed by atoms with Crippen molar-refractivity contribution in [1.29, 1.82) is 0 Å². The predicted octanol–water partition coefficient (Wildman–Crippen LogP) is 4.93. The van der Waals surface area contributed by atoms with Crippen LogP contribution < -0.4 is 5.32 Å². The molecule has 0 radical (unpaired) electrons. The molecule has 0 spiro atoms. The molecular formula is C19H18F4N4O. The van der Waals surface area contributed by atoms with Gasteiger partial charge in [-0.25, -0.2) is 9.37 Å². The summed E-state index contributed by atoms with van der Waals surface area (Å²) in [4.78, 5) is 20.2. The van der Waals surface area contributed by atoms with Crippen LogP contribution in [0.2, 0.25) is 0 Å². The van der Waals surface area contributed by atoms with Crippen molar-refractivity contribution in [3.8, 4) is 11.3 Å². The first-order valence-electron chi connectivity index (χ1n) is 8.44. The van der Waals surface area contributed by atoms with Crippen molar-refractivity contribution in [2.24, 2.45) is 5.41 Å². The summed E-state index contributed by atoms with van der Waals surface area (Å²) >= 11 is 0. The van der Waals surface area contributed by atoms with Crippen LogP contribution >= 0.6 is 0 Å². The van der Waals surface area contributed by atoms with Crippen LogP contribution in [0.25, 0.3) is 16.9 Å². The summed E-state index contributed by atoms with van der Waals surface area (Å²) in [5.41, 5.74) is -0.801. The molecule has 148 valence electrons. The normalized spacial score (nSPS) is 12.4. The van der Waals surface area contributed by atoms with E-state index in [1.165, 1.54) is 22.7 Å². The van der Waals surface area contributed by atoms with E-state index in [4.69, 9.17) is 0 Å². The second-order valence-electron chi connectivity index (χ2n) is 7.63. The Morgan fingerprint density at radius 2 is 1.89 bits per heavy atom. The Morgan fingerprint density at radius 1 is 1.18 bits per heavy atom. The Morgan fingerprint density at radius 3 is 2.54 bits per heavy atom. The average molecular weight is 394 g/mol. The van der Waals surface area contributed by atoms with Gasteiger partial charge in [-0.1, -0.05) is 20.8 Å². The van der Waals surface area contributed by atoms with Crippen molar-refractivity contribution in [2.45, 2.75) is 33.4 Å². The summed E-state index contributed by atoms with van der Waals surface area (Å²) in [7, 11) is 0. The molecule has 0 aliphatic heterocycles. The van der Waals surface area contributed by atoms with E-state index in [1.54, 1.807) is 0 Å². The van der Waals surface area contributed by atoms with Gasteiger partial charge in [0.15, 0.2) is 5.82 Å². The zero-order valence-electron chi connectivity index (χ0n) is 15.4. The minimum absolute atomic E-state index is 0.0426. The number of carbonyl (C=O) groups excluding carboxylic acids is 1. The lowest BCUT2D eigenvalue weighted by molar-refractivity contribution is -0.137. The van der Waals surface area contributed by atoms with Gasteiger partial charge < -0.3 is 5.32 Å². The van der Waals surface area contributed by atoms with Crippen molar-refractivity contribution < 1.29 is 22.4 Å². The maximum Gasteiger partial charge on any atom is 0.417 e. The number of fused-ring (bicyclic) bond motifs is 1. The molecule has 9 heteroatoms. The van der Waals surface area contributed by atoms with E-state index < -0.39 is 17.6 Å². The van der Waals surface area contributed by atoms with Crippen LogP contribution in [-0.4, -0.2) is 20.3 Å². The summed E-state index contributed by atoms with van der Waals surface area (Å²) in [5.74, 6) is -0.905. The molecule has 0 atom stereocenters. The first-order chi connectivity index (χ1) is 12.9. The Balaban J connectivity index is 2.14. The number of rotatable bonds is 3. The molecule has 0 bridgehead atoms. The minimum atomic E-state index is -4.59. The Bertz CT molecular complexity index is 1030. The smallest absolute Gasteiger partial charge is 0.309 e. The Labute approximate surface area is 158 Å². The first-order valence-corrected chi connectivity index (χ1v) is 8.44. The zero-order valence-corrected chi connectivity index (χ0v) is 15.4. The predicted molar refractivity (Wildman–Crippen MR) is 96.1 cm³/mol. The SMILES string of the molecule is CC(C)(C)CC(=O)Nc1nc2ccc(F)cn2c1-c1cncc(C(F)(F)F)c1. The number of alkyl halides is 3. The van der Waals surface area contributed by atoms with E-state index >= 15 is 0 Å². The van der Waals surface area contributed by atoms with E-state index in [1.807, 2.05) is 20.8 Å². The average Bonchev–Trinajstić information content (AvgIpc) is 2.89. The lowest BCUT2D eigenvalue weighted by atomic mass is 9.92. The second-order valence-corrected chi connectivity index (χ2v) is 7.63. The van der Waals surface area contributed by atoms with Crippen LogP contribution in [0.15, 0.2) is 36.8 Å². The van der Waals surface area contributed by atoms with Gasteiger partial charge in [-0.15, -0.1) is 0 Å². The maximum absolute atomic E-state index is 13.8. The number of carbonyl (C=O) groups is 1. The van der Waals surface area contributed by atoms with Crippen molar-refractivity contribution in [3.63, 3.8) is 0 Å². The highest BCUT2D eigenvalue weighted by atomic mass is 19.4. The van der Waals surface area contributed by atoms with E-state index in [9.17, 15) is 22.4 Å². The van der Waals surface area contributed by atoms with Crippen LogP contribution in [0.3, 0.4) is 0 Å². The lowest BCUT2D eigenvalue weighted by Gasteiger charge is -2.17.